The van der Waals surface area contributed by atoms with Crippen molar-refractivity contribution < 1.29 is 19.0 Å². The maximum absolute atomic E-state index is 12.8. The minimum Gasteiger partial charge on any atom is -0.497 e. The van der Waals surface area contributed by atoms with Crippen LogP contribution in [0.2, 0.25) is 0 Å². The van der Waals surface area contributed by atoms with Gasteiger partial charge in [0, 0.05) is 12.1 Å². The van der Waals surface area contributed by atoms with Gasteiger partial charge in [-0.05, 0) is 42.0 Å². The third-order valence-corrected chi connectivity index (χ3v) is 3.04. The number of carbonyl (C=O) groups excluding carboxylic acids is 1. The van der Waals surface area contributed by atoms with Crippen LogP contribution in [0.15, 0.2) is 48.5 Å². The van der Waals surface area contributed by atoms with Gasteiger partial charge in [0.2, 0.25) is 0 Å². The summed E-state index contributed by atoms with van der Waals surface area (Å²) < 4.78 is 17.9. The molecule has 0 heterocycles. The summed E-state index contributed by atoms with van der Waals surface area (Å²) in [5.41, 5.74) is 0.989. The second-order valence-corrected chi connectivity index (χ2v) is 4.51. The fraction of sp³-hybridized carbons (Fsp3) is 0.188. The Balaban J connectivity index is 1.95. The van der Waals surface area contributed by atoms with E-state index in [0.29, 0.717) is 16.9 Å². The summed E-state index contributed by atoms with van der Waals surface area (Å²) in [5, 5.41) is 12.7. The van der Waals surface area contributed by atoms with Crippen LogP contribution >= 0.6 is 0 Å². The molecule has 2 rings (SSSR count). The van der Waals surface area contributed by atoms with E-state index >= 15 is 0 Å². The summed E-state index contributed by atoms with van der Waals surface area (Å²) in [5.74, 6) is -0.128. The Morgan fingerprint density at radius 1 is 1.29 bits per heavy atom. The minimum absolute atomic E-state index is 0.0589. The molecule has 0 bridgehead atoms. The first-order valence-corrected chi connectivity index (χ1v) is 6.46. The number of nitrogens with one attached hydrogen (secondary N) is 1. The van der Waals surface area contributed by atoms with Crippen molar-refractivity contribution in [3.63, 3.8) is 0 Å². The third kappa shape index (κ3) is 4.03. The van der Waals surface area contributed by atoms with Gasteiger partial charge in [-0.1, -0.05) is 12.1 Å². The number of ether oxygens (including phenoxy) is 1. The van der Waals surface area contributed by atoms with Crippen molar-refractivity contribution in [2.75, 3.05) is 13.7 Å². The number of amides is 1. The van der Waals surface area contributed by atoms with E-state index in [4.69, 9.17) is 4.74 Å². The van der Waals surface area contributed by atoms with Crippen molar-refractivity contribution >= 4 is 5.91 Å². The average molecular weight is 289 g/mol. The van der Waals surface area contributed by atoms with Gasteiger partial charge in [-0.15, -0.1) is 0 Å². The Hall–Kier alpha value is -2.40. The van der Waals surface area contributed by atoms with Crippen LogP contribution in [-0.4, -0.2) is 24.7 Å². The zero-order chi connectivity index (χ0) is 15.2. The molecule has 2 N–H and O–H groups in total. The molecule has 0 aliphatic carbocycles. The van der Waals surface area contributed by atoms with Gasteiger partial charge in [0.05, 0.1) is 13.2 Å². The number of methoxy groups -OCH3 is 1. The van der Waals surface area contributed by atoms with Gasteiger partial charge in [-0.3, -0.25) is 4.79 Å². The molecule has 0 radical (unpaired) electrons. The maximum Gasteiger partial charge on any atom is 0.251 e. The van der Waals surface area contributed by atoms with Gasteiger partial charge in [0.15, 0.2) is 0 Å². The summed E-state index contributed by atoms with van der Waals surface area (Å²) in [6, 6.07) is 12.2. The predicted molar refractivity (Wildman–Crippen MR) is 76.7 cm³/mol. The topological polar surface area (TPSA) is 58.6 Å². The second kappa shape index (κ2) is 6.85. The summed E-state index contributed by atoms with van der Waals surface area (Å²) >= 11 is 0. The maximum atomic E-state index is 12.8. The highest BCUT2D eigenvalue weighted by molar-refractivity contribution is 5.94. The van der Waals surface area contributed by atoms with Crippen LogP contribution in [-0.2, 0) is 0 Å². The average Bonchev–Trinajstić information content (AvgIpc) is 2.53. The van der Waals surface area contributed by atoms with Crippen molar-refractivity contribution in [3.8, 4) is 5.75 Å². The van der Waals surface area contributed by atoms with Gasteiger partial charge < -0.3 is 15.2 Å². The molecule has 0 fully saturated rings. The van der Waals surface area contributed by atoms with Crippen molar-refractivity contribution in [3.05, 3.63) is 65.5 Å². The largest absolute Gasteiger partial charge is 0.497 e. The Labute approximate surface area is 122 Å². The Morgan fingerprint density at radius 3 is 2.67 bits per heavy atom. The zero-order valence-corrected chi connectivity index (χ0v) is 11.5. The standard InChI is InChI=1S/C16H16FNO3/c1-21-14-4-2-3-12(9-14)15(19)10-18-16(20)11-5-7-13(17)8-6-11/h2-9,15,19H,10H2,1H3,(H,18,20). The lowest BCUT2D eigenvalue weighted by molar-refractivity contribution is 0.0916. The van der Waals surface area contributed by atoms with Crippen LogP contribution in [0.1, 0.15) is 22.0 Å². The van der Waals surface area contributed by atoms with Gasteiger partial charge >= 0.3 is 0 Å². The van der Waals surface area contributed by atoms with E-state index in [9.17, 15) is 14.3 Å². The molecule has 4 nitrogen and oxygen atoms in total. The number of aliphatic hydroxyl groups is 1. The first kappa shape index (κ1) is 15.0. The lowest BCUT2D eigenvalue weighted by Gasteiger charge is -2.13. The number of halogens is 1. The minimum atomic E-state index is -0.843. The van der Waals surface area contributed by atoms with Crippen molar-refractivity contribution in [1.82, 2.24) is 5.32 Å². The molecule has 0 saturated carbocycles. The van der Waals surface area contributed by atoms with Crippen LogP contribution in [0.5, 0.6) is 5.75 Å². The molecule has 21 heavy (non-hydrogen) atoms. The SMILES string of the molecule is COc1cccc(C(O)CNC(=O)c2ccc(F)cc2)c1. The number of hydrogen-bond donors (Lipinski definition) is 2. The summed E-state index contributed by atoms with van der Waals surface area (Å²) in [4.78, 5) is 11.8. The second-order valence-electron chi connectivity index (χ2n) is 4.51. The van der Waals surface area contributed by atoms with Crippen molar-refractivity contribution in [1.29, 1.82) is 0 Å². The lowest BCUT2D eigenvalue weighted by atomic mass is 10.1. The quantitative estimate of drug-likeness (QED) is 0.888. The number of hydrogen-bond acceptors (Lipinski definition) is 3. The molecule has 5 heteroatoms. The van der Waals surface area contributed by atoms with E-state index in [1.165, 1.54) is 24.3 Å². The molecule has 0 aromatic heterocycles. The molecule has 0 aliphatic heterocycles. The Kier molecular flexibility index (Phi) is 4.90. The smallest absolute Gasteiger partial charge is 0.251 e. The highest BCUT2D eigenvalue weighted by Crippen LogP contribution is 2.18. The van der Waals surface area contributed by atoms with Crippen LogP contribution < -0.4 is 10.1 Å². The Bertz CT molecular complexity index is 613. The van der Waals surface area contributed by atoms with Crippen LogP contribution in [0, 0.1) is 5.82 Å². The highest BCUT2D eigenvalue weighted by atomic mass is 19.1. The molecule has 1 unspecified atom stereocenters. The van der Waals surface area contributed by atoms with E-state index in [1.807, 2.05) is 0 Å². The monoisotopic (exact) mass is 289 g/mol. The van der Waals surface area contributed by atoms with Crippen molar-refractivity contribution in [2.24, 2.45) is 0 Å². The van der Waals surface area contributed by atoms with Crippen molar-refractivity contribution in [2.45, 2.75) is 6.10 Å². The van der Waals surface area contributed by atoms with Crippen LogP contribution in [0.4, 0.5) is 4.39 Å². The number of carbonyl (C=O) groups is 1. The molecule has 0 saturated heterocycles. The zero-order valence-electron chi connectivity index (χ0n) is 11.5. The molecule has 0 aliphatic rings. The van der Waals surface area contributed by atoms with Gasteiger partial charge in [-0.2, -0.15) is 0 Å². The van der Waals surface area contributed by atoms with Gasteiger partial charge in [0.1, 0.15) is 11.6 Å². The fourth-order valence-electron chi connectivity index (χ4n) is 1.86. The molecular formula is C16H16FNO3. The molecular weight excluding hydrogens is 273 g/mol. The molecule has 1 atom stereocenters. The van der Waals surface area contributed by atoms with Crippen LogP contribution in [0.3, 0.4) is 0 Å². The third-order valence-electron chi connectivity index (χ3n) is 3.04. The first-order chi connectivity index (χ1) is 10.1. The van der Waals surface area contributed by atoms with Gasteiger partial charge in [0.25, 0.3) is 5.91 Å². The summed E-state index contributed by atoms with van der Waals surface area (Å²) in [6.07, 6.45) is -0.843. The molecule has 2 aromatic rings. The molecule has 0 spiro atoms. The Morgan fingerprint density at radius 2 is 2.00 bits per heavy atom. The van der Waals surface area contributed by atoms with E-state index in [1.54, 1.807) is 31.4 Å². The highest BCUT2D eigenvalue weighted by Gasteiger charge is 2.11. The number of rotatable bonds is 5. The summed E-state index contributed by atoms with van der Waals surface area (Å²) in [6.45, 7) is 0.0589. The summed E-state index contributed by atoms with van der Waals surface area (Å²) in [7, 11) is 1.54. The van der Waals surface area contributed by atoms with E-state index < -0.39 is 11.9 Å². The van der Waals surface area contributed by atoms with E-state index in [0.717, 1.165) is 0 Å². The van der Waals surface area contributed by atoms with Crippen LogP contribution in [0.25, 0.3) is 0 Å². The first-order valence-electron chi connectivity index (χ1n) is 6.46. The number of aliphatic hydroxyl groups excluding tert-OH is 1. The molecule has 2 aromatic carbocycles. The number of benzene rings is 2. The molecule has 1 amide bonds. The normalized spacial score (nSPS) is 11.8. The fourth-order valence-corrected chi connectivity index (χ4v) is 1.86. The molecule has 110 valence electrons. The van der Waals surface area contributed by atoms with Gasteiger partial charge in [-0.25, -0.2) is 4.39 Å². The lowest BCUT2D eigenvalue weighted by Crippen LogP contribution is -2.28. The van der Waals surface area contributed by atoms with E-state index in [2.05, 4.69) is 5.32 Å². The predicted octanol–water partition coefficient (Wildman–Crippen LogP) is 2.30. The van der Waals surface area contributed by atoms with E-state index in [-0.39, 0.29) is 12.5 Å².